The predicted octanol–water partition coefficient (Wildman–Crippen LogP) is -0.765. The van der Waals surface area contributed by atoms with Crippen LogP contribution in [0.25, 0.3) is 0 Å². The first-order valence-corrected chi connectivity index (χ1v) is 3.60. The third kappa shape index (κ3) is 4.04. The molecule has 7 nitrogen and oxygen atoms in total. The van der Waals surface area contributed by atoms with Gasteiger partial charge >= 0.3 is 5.97 Å². The highest BCUT2D eigenvalue weighted by Gasteiger charge is 2.18. The Morgan fingerprint density at radius 1 is 1.31 bits per heavy atom. The van der Waals surface area contributed by atoms with Crippen LogP contribution in [0.15, 0.2) is 5.29 Å². The summed E-state index contributed by atoms with van der Waals surface area (Å²) in [5.74, 6) is -1.73. The summed E-state index contributed by atoms with van der Waals surface area (Å²) in [4.78, 5) is 31.0. The van der Waals surface area contributed by atoms with Gasteiger partial charge in [0.2, 0.25) is 5.91 Å². The number of amides is 1. The van der Waals surface area contributed by atoms with Crippen molar-refractivity contribution in [2.24, 2.45) is 5.29 Å². The molecule has 1 amide bonds. The van der Waals surface area contributed by atoms with E-state index in [0.29, 0.717) is 0 Å². The molecule has 3 N–H and O–H groups in total. The fraction of sp³-hybridized carbons (Fsp3) is 0.667. The summed E-state index contributed by atoms with van der Waals surface area (Å²) in [7, 11) is 0. The zero-order valence-electron chi connectivity index (χ0n) is 7.27. The first-order chi connectivity index (χ1) is 5.99. The van der Waals surface area contributed by atoms with Gasteiger partial charge in [0.25, 0.3) is 0 Å². The topological polar surface area (TPSA) is 108 Å². The number of nitrogens with one attached hydrogen (secondary N) is 2. The number of nitroso groups, excluding NO2 is 1. The van der Waals surface area contributed by atoms with Crippen LogP contribution in [0.3, 0.4) is 0 Å². The van der Waals surface area contributed by atoms with Gasteiger partial charge in [-0.05, 0) is 13.8 Å². The quantitative estimate of drug-likeness (QED) is 0.389. The van der Waals surface area contributed by atoms with E-state index in [1.54, 1.807) is 0 Å². The van der Waals surface area contributed by atoms with E-state index >= 15 is 0 Å². The molecule has 0 aromatic rings. The Balaban J connectivity index is 3.99. The standard InChI is InChI=1S/C6H11N3O4/c1-3(8-9-13)5(10)7-4(2)6(11)12/h3-4H,1-2H3,(H,7,10)(H,8,13)(H,11,12)/t3-,4-/m0/s1. The summed E-state index contributed by atoms with van der Waals surface area (Å²) in [6.45, 7) is 2.71. The second-order valence-electron chi connectivity index (χ2n) is 2.51. The minimum Gasteiger partial charge on any atom is -0.480 e. The molecule has 0 aliphatic carbocycles. The second-order valence-corrected chi connectivity index (χ2v) is 2.51. The van der Waals surface area contributed by atoms with Crippen molar-refractivity contribution in [1.82, 2.24) is 10.7 Å². The van der Waals surface area contributed by atoms with E-state index in [1.807, 2.05) is 5.43 Å². The molecule has 7 heteroatoms. The molecule has 0 aromatic heterocycles. The Hall–Kier alpha value is -1.66. The summed E-state index contributed by atoms with van der Waals surface area (Å²) in [6.07, 6.45) is 0. The third-order valence-electron chi connectivity index (χ3n) is 1.37. The number of nitrogens with zero attached hydrogens (tertiary/aromatic N) is 1. The van der Waals surface area contributed by atoms with E-state index in [0.717, 1.165) is 0 Å². The van der Waals surface area contributed by atoms with Crippen LogP contribution in [0.5, 0.6) is 0 Å². The van der Waals surface area contributed by atoms with Crippen LogP contribution in [-0.2, 0) is 9.59 Å². The Bertz CT molecular complexity index is 218. The lowest BCUT2D eigenvalue weighted by atomic mass is 10.3. The number of rotatable bonds is 5. The van der Waals surface area contributed by atoms with Gasteiger partial charge in [-0.15, -0.1) is 4.91 Å². The van der Waals surface area contributed by atoms with Gasteiger partial charge in [-0.2, -0.15) is 0 Å². The zero-order valence-corrected chi connectivity index (χ0v) is 7.27. The average molecular weight is 189 g/mol. The molecule has 0 aliphatic heterocycles. The highest BCUT2D eigenvalue weighted by molar-refractivity contribution is 5.86. The second kappa shape index (κ2) is 5.07. The van der Waals surface area contributed by atoms with Crippen LogP contribution in [0.2, 0.25) is 0 Å². The van der Waals surface area contributed by atoms with Gasteiger partial charge in [-0.3, -0.25) is 15.0 Å². The van der Waals surface area contributed by atoms with Gasteiger partial charge in [0.15, 0.2) is 0 Å². The zero-order chi connectivity index (χ0) is 10.4. The number of carbonyl (C=O) groups is 2. The molecule has 0 aromatic carbocycles. The molecule has 74 valence electrons. The van der Waals surface area contributed by atoms with Crippen molar-refractivity contribution < 1.29 is 14.7 Å². The summed E-state index contributed by atoms with van der Waals surface area (Å²) < 4.78 is 0. The predicted molar refractivity (Wildman–Crippen MR) is 43.6 cm³/mol. The minimum absolute atomic E-state index is 0.588. The number of hydrogen-bond acceptors (Lipinski definition) is 4. The van der Waals surface area contributed by atoms with Crippen molar-refractivity contribution in [3.05, 3.63) is 4.91 Å². The SMILES string of the molecule is C[C@H](NC(=O)[C@H](C)NN=O)C(=O)O. The summed E-state index contributed by atoms with van der Waals surface area (Å²) >= 11 is 0. The van der Waals surface area contributed by atoms with Gasteiger partial charge in [-0.25, -0.2) is 0 Å². The van der Waals surface area contributed by atoms with E-state index in [4.69, 9.17) is 5.11 Å². The number of carboxylic acids is 1. The smallest absolute Gasteiger partial charge is 0.325 e. The normalized spacial score (nSPS) is 14.0. The first kappa shape index (κ1) is 11.3. The highest BCUT2D eigenvalue weighted by Crippen LogP contribution is 1.86. The van der Waals surface area contributed by atoms with Crippen LogP contribution >= 0.6 is 0 Å². The van der Waals surface area contributed by atoms with Gasteiger partial charge in [0.05, 0.1) is 5.29 Å². The molecule has 0 rings (SSSR count). The molecule has 13 heavy (non-hydrogen) atoms. The van der Waals surface area contributed by atoms with Crippen molar-refractivity contribution in [3.8, 4) is 0 Å². The van der Waals surface area contributed by atoms with E-state index in [1.165, 1.54) is 13.8 Å². The molecule has 0 fully saturated rings. The van der Waals surface area contributed by atoms with Crippen LogP contribution in [0, 0.1) is 4.91 Å². The van der Waals surface area contributed by atoms with Crippen molar-refractivity contribution >= 4 is 11.9 Å². The summed E-state index contributed by atoms with van der Waals surface area (Å²) in [5.41, 5.74) is 1.95. The van der Waals surface area contributed by atoms with E-state index in [2.05, 4.69) is 10.6 Å². The number of carboxylic acid groups (broad SMARTS) is 1. The first-order valence-electron chi connectivity index (χ1n) is 3.60. The molecular weight excluding hydrogens is 178 g/mol. The van der Waals surface area contributed by atoms with E-state index in [-0.39, 0.29) is 0 Å². The minimum atomic E-state index is -1.14. The lowest BCUT2D eigenvalue weighted by molar-refractivity contribution is -0.141. The maximum Gasteiger partial charge on any atom is 0.325 e. The Kier molecular flexibility index (Phi) is 4.42. The fourth-order valence-corrected chi connectivity index (χ4v) is 0.538. The lowest BCUT2D eigenvalue weighted by Crippen LogP contribution is -2.46. The van der Waals surface area contributed by atoms with Gasteiger partial charge in [0, 0.05) is 0 Å². The molecule has 0 unspecified atom stereocenters. The van der Waals surface area contributed by atoms with Crippen molar-refractivity contribution in [3.63, 3.8) is 0 Å². The maximum atomic E-state index is 11.0. The number of aliphatic carboxylic acids is 1. The summed E-state index contributed by atoms with van der Waals surface area (Å²) in [6, 6.07) is -1.82. The third-order valence-corrected chi connectivity index (χ3v) is 1.37. The van der Waals surface area contributed by atoms with E-state index < -0.39 is 24.0 Å². The maximum absolute atomic E-state index is 11.0. The molecule has 0 bridgehead atoms. The van der Waals surface area contributed by atoms with Crippen LogP contribution in [-0.4, -0.2) is 29.1 Å². The van der Waals surface area contributed by atoms with Crippen molar-refractivity contribution in [2.75, 3.05) is 0 Å². The molecule has 0 heterocycles. The summed E-state index contributed by atoms with van der Waals surface area (Å²) in [5, 5.41) is 12.9. The van der Waals surface area contributed by atoms with Crippen molar-refractivity contribution in [2.45, 2.75) is 25.9 Å². The molecule has 0 saturated carbocycles. The Morgan fingerprint density at radius 2 is 1.85 bits per heavy atom. The highest BCUT2D eigenvalue weighted by atomic mass is 16.4. The molecule has 0 saturated heterocycles. The molecule has 2 atom stereocenters. The average Bonchev–Trinajstić information content (AvgIpc) is 2.04. The lowest BCUT2D eigenvalue weighted by Gasteiger charge is -2.12. The van der Waals surface area contributed by atoms with Crippen LogP contribution in [0.1, 0.15) is 13.8 Å². The Labute approximate surface area is 74.4 Å². The number of hydrogen-bond donors (Lipinski definition) is 3. The molecule has 0 spiro atoms. The van der Waals surface area contributed by atoms with Crippen molar-refractivity contribution in [1.29, 1.82) is 0 Å². The van der Waals surface area contributed by atoms with Crippen LogP contribution < -0.4 is 10.7 Å². The largest absolute Gasteiger partial charge is 0.480 e. The molecule has 0 radical (unpaired) electrons. The van der Waals surface area contributed by atoms with Crippen LogP contribution in [0.4, 0.5) is 0 Å². The molecule has 0 aliphatic rings. The monoisotopic (exact) mass is 189 g/mol. The van der Waals surface area contributed by atoms with Gasteiger partial charge in [-0.1, -0.05) is 0 Å². The number of carbonyl (C=O) groups excluding carboxylic acids is 1. The van der Waals surface area contributed by atoms with Gasteiger partial charge < -0.3 is 10.4 Å². The van der Waals surface area contributed by atoms with Gasteiger partial charge in [0.1, 0.15) is 12.1 Å². The van der Waals surface area contributed by atoms with E-state index in [9.17, 15) is 14.5 Å². The molecular formula is C6H11N3O4. The Morgan fingerprint density at radius 3 is 2.23 bits per heavy atom. The fourth-order valence-electron chi connectivity index (χ4n) is 0.538.